The van der Waals surface area contributed by atoms with Crippen molar-refractivity contribution in [3.63, 3.8) is 0 Å². The Kier molecular flexibility index (Phi) is 6.31. The van der Waals surface area contributed by atoms with Crippen molar-refractivity contribution in [3.8, 4) is 0 Å². The molecule has 2 N–H and O–H groups in total. The molecule has 106 valence electrons. The summed E-state index contributed by atoms with van der Waals surface area (Å²) >= 11 is 3.51. The van der Waals surface area contributed by atoms with Gasteiger partial charge in [-0.05, 0) is 50.7 Å². The van der Waals surface area contributed by atoms with Crippen LogP contribution >= 0.6 is 15.9 Å². The SMILES string of the molecule is CN1CCNCC1CCNCCc1cccc(Br)c1. The van der Waals surface area contributed by atoms with E-state index in [1.165, 1.54) is 23.0 Å². The summed E-state index contributed by atoms with van der Waals surface area (Å²) in [5.41, 5.74) is 1.39. The van der Waals surface area contributed by atoms with Crippen LogP contribution in [0.3, 0.4) is 0 Å². The molecule has 0 bridgehead atoms. The Bertz CT molecular complexity index is 383. The van der Waals surface area contributed by atoms with Crippen LogP contribution < -0.4 is 10.6 Å². The standard InChI is InChI=1S/C15H24BrN3/c1-19-10-9-18-12-15(19)6-8-17-7-5-13-3-2-4-14(16)11-13/h2-4,11,15,17-18H,5-10,12H2,1H3. The first-order valence-electron chi connectivity index (χ1n) is 7.12. The molecule has 1 saturated heterocycles. The molecule has 1 fully saturated rings. The van der Waals surface area contributed by atoms with Crippen LogP contribution in [0.15, 0.2) is 28.7 Å². The van der Waals surface area contributed by atoms with E-state index in [1.54, 1.807) is 0 Å². The third-order valence-electron chi connectivity index (χ3n) is 3.78. The molecule has 0 aliphatic carbocycles. The van der Waals surface area contributed by atoms with Gasteiger partial charge in [0.2, 0.25) is 0 Å². The van der Waals surface area contributed by atoms with E-state index in [1.807, 2.05) is 0 Å². The fourth-order valence-electron chi connectivity index (χ4n) is 2.50. The van der Waals surface area contributed by atoms with Gasteiger partial charge in [-0.3, -0.25) is 0 Å². The summed E-state index contributed by atoms with van der Waals surface area (Å²) in [6, 6.07) is 9.24. The van der Waals surface area contributed by atoms with E-state index < -0.39 is 0 Å². The zero-order valence-electron chi connectivity index (χ0n) is 11.7. The Balaban J connectivity index is 1.59. The Morgan fingerprint density at radius 1 is 1.42 bits per heavy atom. The van der Waals surface area contributed by atoms with Crippen LogP contribution in [0.4, 0.5) is 0 Å². The minimum atomic E-state index is 0.687. The van der Waals surface area contributed by atoms with Crippen LogP contribution in [0, 0.1) is 0 Å². The summed E-state index contributed by atoms with van der Waals surface area (Å²) in [5, 5.41) is 7.02. The largest absolute Gasteiger partial charge is 0.316 e. The molecule has 0 spiro atoms. The molecule has 0 radical (unpaired) electrons. The Hall–Kier alpha value is -0.420. The predicted octanol–water partition coefficient (Wildman–Crippen LogP) is 1.87. The fourth-order valence-corrected chi connectivity index (χ4v) is 2.95. The number of likely N-dealkylation sites (N-methyl/N-ethyl adjacent to an activating group) is 1. The minimum Gasteiger partial charge on any atom is -0.316 e. The van der Waals surface area contributed by atoms with Gasteiger partial charge in [-0.2, -0.15) is 0 Å². The van der Waals surface area contributed by atoms with E-state index in [0.717, 1.165) is 32.6 Å². The highest BCUT2D eigenvalue weighted by Crippen LogP contribution is 2.11. The van der Waals surface area contributed by atoms with E-state index in [2.05, 4.69) is 62.8 Å². The smallest absolute Gasteiger partial charge is 0.0230 e. The maximum atomic E-state index is 3.55. The molecule has 2 rings (SSSR count). The molecule has 1 aliphatic rings. The van der Waals surface area contributed by atoms with Crippen LogP contribution in [-0.4, -0.2) is 50.7 Å². The van der Waals surface area contributed by atoms with Crippen LogP contribution in [0.1, 0.15) is 12.0 Å². The van der Waals surface area contributed by atoms with Crippen molar-refractivity contribution >= 4 is 15.9 Å². The highest BCUT2D eigenvalue weighted by molar-refractivity contribution is 9.10. The number of benzene rings is 1. The van der Waals surface area contributed by atoms with Crippen molar-refractivity contribution in [1.82, 2.24) is 15.5 Å². The number of rotatable bonds is 6. The number of nitrogens with one attached hydrogen (secondary N) is 2. The van der Waals surface area contributed by atoms with Crippen molar-refractivity contribution < 1.29 is 0 Å². The van der Waals surface area contributed by atoms with Gasteiger partial charge in [0.25, 0.3) is 0 Å². The van der Waals surface area contributed by atoms with Gasteiger partial charge >= 0.3 is 0 Å². The predicted molar refractivity (Wildman–Crippen MR) is 84.6 cm³/mol. The lowest BCUT2D eigenvalue weighted by Crippen LogP contribution is -2.50. The van der Waals surface area contributed by atoms with Crippen molar-refractivity contribution in [2.45, 2.75) is 18.9 Å². The second-order valence-corrected chi connectivity index (χ2v) is 6.17. The third kappa shape index (κ3) is 5.22. The Morgan fingerprint density at radius 3 is 3.11 bits per heavy atom. The van der Waals surface area contributed by atoms with E-state index >= 15 is 0 Å². The molecule has 1 aliphatic heterocycles. The van der Waals surface area contributed by atoms with E-state index in [4.69, 9.17) is 0 Å². The summed E-state index contributed by atoms with van der Waals surface area (Å²) in [6.45, 7) is 5.58. The van der Waals surface area contributed by atoms with Gasteiger partial charge in [0.1, 0.15) is 0 Å². The van der Waals surface area contributed by atoms with Crippen molar-refractivity contribution in [3.05, 3.63) is 34.3 Å². The van der Waals surface area contributed by atoms with Crippen molar-refractivity contribution in [2.75, 3.05) is 39.8 Å². The first kappa shape index (κ1) is 15.0. The molecule has 0 aromatic heterocycles. The highest BCUT2D eigenvalue weighted by atomic mass is 79.9. The zero-order chi connectivity index (χ0) is 13.5. The van der Waals surface area contributed by atoms with Gasteiger partial charge < -0.3 is 15.5 Å². The molecule has 0 saturated carbocycles. The van der Waals surface area contributed by atoms with Crippen LogP contribution in [0.2, 0.25) is 0 Å². The van der Waals surface area contributed by atoms with E-state index in [9.17, 15) is 0 Å². The lowest BCUT2D eigenvalue weighted by atomic mass is 10.1. The molecule has 4 heteroatoms. The fraction of sp³-hybridized carbons (Fsp3) is 0.600. The molecule has 19 heavy (non-hydrogen) atoms. The van der Waals surface area contributed by atoms with Gasteiger partial charge in [0, 0.05) is 30.1 Å². The van der Waals surface area contributed by atoms with E-state index in [0.29, 0.717) is 6.04 Å². The molecule has 1 aromatic rings. The lowest BCUT2D eigenvalue weighted by molar-refractivity contribution is 0.190. The molecule has 1 atom stereocenters. The van der Waals surface area contributed by atoms with Crippen molar-refractivity contribution in [1.29, 1.82) is 0 Å². The zero-order valence-corrected chi connectivity index (χ0v) is 13.2. The quantitative estimate of drug-likeness (QED) is 0.782. The molecule has 3 nitrogen and oxygen atoms in total. The summed E-state index contributed by atoms with van der Waals surface area (Å²) < 4.78 is 1.17. The third-order valence-corrected chi connectivity index (χ3v) is 4.27. The van der Waals surface area contributed by atoms with Crippen LogP contribution in [0.5, 0.6) is 0 Å². The summed E-state index contributed by atoms with van der Waals surface area (Å²) in [4.78, 5) is 2.46. The maximum absolute atomic E-state index is 3.55. The average Bonchev–Trinajstić information content (AvgIpc) is 2.40. The molecular weight excluding hydrogens is 302 g/mol. The highest BCUT2D eigenvalue weighted by Gasteiger charge is 2.17. The number of hydrogen-bond donors (Lipinski definition) is 2. The first-order valence-corrected chi connectivity index (χ1v) is 7.91. The second-order valence-electron chi connectivity index (χ2n) is 5.26. The van der Waals surface area contributed by atoms with Crippen LogP contribution in [0.25, 0.3) is 0 Å². The Labute approximate surface area is 124 Å². The van der Waals surface area contributed by atoms with Gasteiger partial charge in [0.05, 0.1) is 0 Å². The first-order chi connectivity index (χ1) is 9.25. The average molecular weight is 326 g/mol. The summed E-state index contributed by atoms with van der Waals surface area (Å²) in [7, 11) is 2.23. The number of hydrogen-bond acceptors (Lipinski definition) is 3. The normalized spacial score (nSPS) is 20.6. The lowest BCUT2D eigenvalue weighted by Gasteiger charge is -2.33. The number of piperazine rings is 1. The summed E-state index contributed by atoms with van der Waals surface area (Å²) in [5.74, 6) is 0. The molecule has 1 heterocycles. The molecule has 0 amide bonds. The molecule has 1 aromatic carbocycles. The topological polar surface area (TPSA) is 27.3 Å². The van der Waals surface area contributed by atoms with Crippen molar-refractivity contribution in [2.24, 2.45) is 0 Å². The monoisotopic (exact) mass is 325 g/mol. The molecule has 1 unspecified atom stereocenters. The second kappa shape index (κ2) is 8.00. The van der Waals surface area contributed by atoms with Gasteiger partial charge in [0.15, 0.2) is 0 Å². The maximum Gasteiger partial charge on any atom is 0.0230 e. The Morgan fingerprint density at radius 2 is 2.32 bits per heavy atom. The minimum absolute atomic E-state index is 0.687. The van der Waals surface area contributed by atoms with E-state index in [-0.39, 0.29) is 0 Å². The van der Waals surface area contributed by atoms with Gasteiger partial charge in [-0.25, -0.2) is 0 Å². The number of halogens is 1. The number of nitrogens with zero attached hydrogens (tertiary/aromatic N) is 1. The van der Waals surface area contributed by atoms with Crippen LogP contribution in [-0.2, 0) is 6.42 Å². The van der Waals surface area contributed by atoms with Gasteiger partial charge in [-0.15, -0.1) is 0 Å². The summed E-state index contributed by atoms with van der Waals surface area (Å²) in [6.07, 6.45) is 2.32. The molecular formula is C15H24BrN3. The van der Waals surface area contributed by atoms with Gasteiger partial charge in [-0.1, -0.05) is 28.1 Å².